The highest BCUT2D eigenvalue weighted by Crippen LogP contribution is 2.19. The molecule has 1 aliphatic heterocycles. The molecule has 0 radical (unpaired) electrons. The molecule has 1 heterocycles. The van der Waals surface area contributed by atoms with Crippen LogP contribution in [0.2, 0.25) is 0 Å². The normalized spacial score (nSPS) is 16.3. The van der Waals surface area contributed by atoms with Crippen LogP contribution in [0.5, 0.6) is 0 Å². The number of carbonyl (C=O) groups is 1. The van der Waals surface area contributed by atoms with Gasteiger partial charge in [-0.05, 0) is 64.4 Å². The molecule has 0 unspecified atom stereocenters. The van der Waals surface area contributed by atoms with Gasteiger partial charge in [0.2, 0.25) is 5.91 Å². The first-order valence-electron chi connectivity index (χ1n) is 9.58. The minimum atomic E-state index is -0.407. The molecule has 144 valence electrons. The van der Waals surface area contributed by atoms with Crippen LogP contribution in [0.1, 0.15) is 56.0 Å². The van der Waals surface area contributed by atoms with Gasteiger partial charge in [0, 0.05) is 24.2 Å². The maximum atomic E-state index is 11.1. The highest BCUT2D eigenvalue weighted by atomic mass is 16.1. The van der Waals surface area contributed by atoms with E-state index in [1.165, 1.54) is 32.4 Å². The number of hydrogen-bond donors (Lipinski definition) is 3. The van der Waals surface area contributed by atoms with Crippen molar-refractivity contribution in [1.29, 1.82) is 0 Å². The molecule has 1 fully saturated rings. The molecule has 0 aromatic heterocycles. The molecular formula is C20H33N5O. The number of primary amides is 1. The van der Waals surface area contributed by atoms with Crippen LogP contribution >= 0.6 is 0 Å². The summed E-state index contributed by atoms with van der Waals surface area (Å²) in [6.45, 7) is 11.2. The van der Waals surface area contributed by atoms with Crippen LogP contribution in [0, 0.1) is 0 Å². The Morgan fingerprint density at radius 3 is 2.38 bits per heavy atom. The van der Waals surface area contributed by atoms with Crippen LogP contribution in [0.15, 0.2) is 29.3 Å². The molecule has 0 aliphatic carbocycles. The molecule has 4 N–H and O–H groups in total. The lowest BCUT2D eigenvalue weighted by atomic mass is 9.98. The molecule has 6 heteroatoms. The minimum absolute atomic E-state index is 0.0970. The third-order valence-electron chi connectivity index (χ3n) is 4.90. The number of aliphatic imine (C=N–C) groups is 1. The van der Waals surface area contributed by atoms with E-state index in [4.69, 9.17) is 5.73 Å². The minimum Gasteiger partial charge on any atom is -0.366 e. The van der Waals surface area contributed by atoms with Gasteiger partial charge in [-0.2, -0.15) is 0 Å². The third-order valence-corrected chi connectivity index (χ3v) is 4.90. The molecule has 6 nitrogen and oxygen atoms in total. The highest BCUT2D eigenvalue weighted by molar-refractivity contribution is 5.92. The van der Waals surface area contributed by atoms with Crippen LogP contribution in [0.4, 0.5) is 0 Å². The van der Waals surface area contributed by atoms with E-state index < -0.39 is 5.91 Å². The summed E-state index contributed by atoms with van der Waals surface area (Å²) in [4.78, 5) is 18.4. The van der Waals surface area contributed by atoms with Crippen molar-refractivity contribution < 1.29 is 4.79 Å². The summed E-state index contributed by atoms with van der Waals surface area (Å²) >= 11 is 0. The molecule has 0 bridgehead atoms. The van der Waals surface area contributed by atoms with Gasteiger partial charge in [-0.25, -0.2) is 4.99 Å². The number of amides is 1. The zero-order valence-electron chi connectivity index (χ0n) is 16.3. The standard InChI is InChI=1S/C20H33N5O/c1-4-22-19(23-14-16-8-10-17(11-9-16)18(21)26)24-15-20(2,3)25-12-6-5-7-13-25/h8-11H,4-7,12-15H2,1-3H3,(H2,21,26)(H2,22,23,24). The Morgan fingerprint density at radius 2 is 1.81 bits per heavy atom. The largest absolute Gasteiger partial charge is 0.366 e. The van der Waals surface area contributed by atoms with Crippen molar-refractivity contribution in [2.75, 3.05) is 26.2 Å². The molecule has 1 aromatic carbocycles. The number of likely N-dealkylation sites (tertiary alicyclic amines) is 1. The van der Waals surface area contributed by atoms with E-state index in [1.54, 1.807) is 12.1 Å². The van der Waals surface area contributed by atoms with Gasteiger partial charge in [0.1, 0.15) is 0 Å². The molecule has 0 atom stereocenters. The second-order valence-electron chi connectivity index (χ2n) is 7.47. The summed E-state index contributed by atoms with van der Waals surface area (Å²) in [5, 5.41) is 6.79. The molecular weight excluding hydrogens is 326 g/mol. The Morgan fingerprint density at radius 1 is 1.15 bits per heavy atom. The quantitative estimate of drug-likeness (QED) is 0.514. The summed E-state index contributed by atoms with van der Waals surface area (Å²) in [7, 11) is 0. The van der Waals surface area contributed by atoms with E-state index in [1.807, 2.05) is 12.1 Å². The molecule has 1 saturated heterocycles. The summed E-state index contributed by atoms with van der Waals surface area (Å²) < 4.78 is 0. The van der Waals surface area contributed by atoms with Crippen molar-refractivity contribution in [3.05, 3.63) is 35.4 Å². The molecule has 1 amide bonds. The lowest BCUT2D eigenvalue weighted by Crippen LogP contribution is -2.54. The van der Waals surface area contributed by atoms with Crippen molar-refractivity contribution in [3.8, 4) is 0 Å². The van der Waals surface area contributed by atoms with Gasteiger partial charge in [-0.3, -0.25) is 9.69 Å². The van der Waals surface area contributed by atoms with Gasteiger partial charge < -0.3 is 16.4 Å². The fourth-order valence-corrected chi connectivity index (χ4v) is 3.20. The Hall–Kier alpha value is -2.08. The van der Waals surface area contributed by atoms with Crippen LogP contribution in [0.3, 0.4) is 0 Å². The lowest BCUT2D eigenvalue weighted by Gasteiger charge is -2.41. The number of nitrogens with zero attached hydrogens (tertiary/aromatic N) is 2. The smallest absolute Gasteiger partial charge is 0.248 e. The van der Waals surface area contributed by atoms with Crippen molar-refractivity contribution in [1.82, 2.24) is 15.5 Å². The first-order valence-corrected chi connectivity index (χ1v) is 9.58. The molecule has 0 saturated carbocycles. The number of hydrogen-bond acceptors (Lipinski definition) is 3. The number of carbonyl (C=O) groups excluding carboxylic acids is 1. The Balaban J connectivity index is 1.94. The number of nitrogens with two attached hydrogens (primary N) is 1. The second-order valence-corrected chi connectivity index (χ2v) is 7.47. The van der Waals surface area contributed by atoms with Gasteiger partial charge in [0.15, 0.2) is 5.96 Å². The zero-order valence-corrected chi connectivity index (χ0v) is 16.3. The summed E-state index contributed by atoms with van der Waals surface area (Å²) in [6, 6.07) is 7.27. The fraction of sp³-hybridized carbons (Fsp3) is 0.600. The lowest BCUT2D eigenvalue weighted by molar-refractivity contribution is 0.0982. The van der Waals surface area contributed by atoms with Crippen LogP contribution in [-0.4, -0.2) is 48.5 Å². The summed E-state index contributed by atoms with van der Waals surface area (Å²) in [5.41, 5.74) is 6.94. The molecule has 1 aliphatic rings. The second kappa shape index (κ2) is 9.57. The number of rotatable bonds is 7. The number of guanidine groups is 1. The van der Waals surface area contributed by atoms with Crippen molar-refractivity contribution in [2.45, 2.75) is 52.1 Å². The first kappa shape index (κ1) is 20.2. The monoisotopic (exact) mass is 359 g/mol. The predicted molar refractivity (Wildman–Crippen MR) is 107 cm³/mol. The van der Waals surface area contributed by atoms with E-state index in [2.05, 4.69) is 41.3 Å². The maximum Gasteiger partial charge on any atom is 0.248 e. The van der Waals surface area contributed by atoms with E-state index in [9.17, 15) is 4.79 Å². The topological polar surface area (TPSA) is 82.7 Å². The highest BCUT2D eigenvalue weighted by Gasteiger charge is 2.27. The Labute approximate surface area is 157 Å². The molecule has 26 heavy (non-hydrogen) atoms. The fourth-order valence-electron chi connectivity index (χ4n) is 3.20. The maximum absolute atomic E-state index is 11.1. The number of piperidine rings is 1. The van der Waals surface area contributed by atoms with Gasteiger partial charge in [-0.15, -0.1) is 0 Å². The van der Waals surface area contributed by atoms with Crippen LogP contribution in [-0.2, 0) is 6.54 Å². The summed E-state index contributed by atoms with van der Waals surface area (Å²) in [6.07, 6.45) is 3.93. The van der Waals surface area contributed by atoms with E-state index in [-0.39, 0.29) is 5.54 Å². The van der Waals surface area contributed by atoms with Crippen molar-refractivity contribution in [3.63, 3.8) is 0 Å². The Kier molecular flexibility index (Phi) is 7.45. The summed E-state index contributed by atoms with van der Waals surface area (Å²) in [5.74, 6) is 0.409. The average Bonchev–Trinajstić information content (AvgIpc) is 2.65. The molecule has 0 spiro atoms. The van der Waals surface area contributed by atoms with Crippen LogP contribution in [0.25, 0.3) is 0 Å². The zero-order chi connectivity index (χ0) is 19.0. The molecule has 1 aromatic rings. The number of nitrogens with one attached hydrogen (secondary N) is 2. The van der Waals surface area contributed by atoms with E-state index in [0.29, 0.717) is 12.1 Å². The third kappa shape index (κ3) is 6.02. The average molecular weight is 360 g/mol. The van der Waals surface area contributed by atoms with Gasteiger partial charge in [0.05, 0.1) is 6.54 Å². The van der Waals surface area contributed by atoms with E-state index in [0.717, 1.165) is 24.6 Å². The van der Waals surface area contributed by atoms with Crippen LogP contribution < -0.4 is 16.4 Å². The number of benzene rings is 1. The van der Waals surface area contributed by atoms with Gasteiger partial charge >= 0.3 is 0 Å². The Bertz CT molecular complexity index is 603. The van der Waals surface area contributed by atoms with Crippen molar-refractivity contribution in [2.24, 2.45) is 10.7 Å². The molecule has 2 rings (SSSR count). The van der Waals surface area contributed by atoms with Gasteiger partial charge in [0.25, 0.3) is 0 Å². The van der Waals surface area contributed by atoms with E-state index >= 15 is 0 Å². The van der Waals surface area contributed by atoms with Crippen molar-refractivity contribution >= 4 is 11.9 Å². The SMILES string of the molecule is CCNC(=NCc1ccc(C(N)=O)cc1)NCC(C)(C)N1CCCCC1. The van der Waals surface area contributed by atoms with Gasteiger partial charge in [-0.1, -0.05) is 18.6 Å². The predicted octanol–water partition coefficient (Wildman–Crippen LogP) is 2.11. The first-order chi connectivity index (χ1) is 12.4.